The molecule has 0 aromatic heterocycles. The number of rotatable bonds is 7. The van der Waals surface area contributed by atoms with Crippen LogP contribution in [0.3, 0.4) is 0 Å². The van der Waals surface area contributed by atoms with E-state index in [2.05, 4.69) is 5.32 Å². The third-order valence-electron chi connectivity index (χ3n) is 4.20. The Morgan fingerprint density at radius 2 is 2.12 bits per heavy atom. The smallest absolute Gasteiger partial charge is 0.325 e. The van der Waals surface area contributed by atoms with Crippen molar-refractivity contribution in [2.75, 3.05) is 7.11 Å². The molecule has 2 rings (SSSR count). The van der Waals surface area contributed by atoms with E-state index in [1.54, 1.807) is 21.0 Å². The highest BCUT2D eigenvalue weighted by Gasteiger charge is 2.45. The van der Waals surface area contributed by atoms with E-state index in [-0.39, 0.29) is 5.92 Å². The van der Waals surface area contributed by atoms with E-state index in [1.807, 2.05) is 24.3 Å². The van der Waals surface area contributed by atoms with Crippen LogP contribution in [0.25, 0.3) is 0 Å². The first-order valence-corrected chi connectivity index (χ1v) is 8.09. The monoisotopic (exact) mass is 349 g/mol. The summed E-state index contributed by atoms with van der Waals surface area (Å²) < 4.78 is 5.17. The van der Waals surface area contributed by atoms with Gasteiger partial charge in [-0.05, 0) is 36.5 Å². The minimum absolute atomic E-state index is 0.334. The lowest BCUT2D eigenvalue weighted by atomic mass is 10.0. The number of carbonyl (C=O) groups excluding carboxylic acids is 3. The Kier molecular flexibility index (Phi) is 5.97. The van der Waals surface area contributed by atoms with Crippen molar-refractivity contribution >= 4 is 17.8 Å². The van der Waals surface area contributed by atoms with Crippen molar-refractivity contribution in [1.29, 1.82) is 0 Å². The summed E-state index contributed by atoms with van der Waals surface area (Å²) in [6.45, 7) is 3.40. The molecular formula is C17H23N3O5. The van der Waals surface area contributed by atoms with Crippen LogP contribution in [-0.4, -0.2) is 47.1 Å². The molecule has 2 atom stereocenters. The van der Waals surface area contributed by atoms with E-state index in [9.17, 15) is 14.4 Å². The zero-order valence-corrected chi connectivity index (χ0v) is 14.5. The number of hydrogen-bond acceptors (Lipinski definition) is 5. The van der Waals surface area contributed by atoms with Gasteiger partial charge in [0.25, 0.3) is 11.8 Å². The first kappa shape index (κ1) is 18.7. The molecule has 1 saturated heterocycles. The van der Waals surface area contributed by atoms with Crippen molar-refractivity contribution in [3.8, 4) is 5.75 Å². The number of hydroxylamine groups is 1. The molecule has 4 amide bonds. The molecule has 1 aliphatic heterocycles. The van der Waals surface area contributed by atoms with Gasteiger partial charge in [0.05, 0.1) is 7.11 Å². The Morgan fingerprint density at radius 3 is 2.72 bits per heavy atom. The highest BCUT2D eigenvalue weighted by molar-refractivity contribution is 6.07. The molecule has 0 radical (unpaired) electrons. The topological polar surface area (TPSA) is 108 Å². The molecule has 0 bridgehead atoms. The van der Waals surface area contributed by atoms with Gasteiger partial charge in [0.2, 0.25) is 0 Å². The summed E-state index contributed by atoms with van der Waals surface area (Å²) in [4.78, 5) is 37.5. The van der Waals surface area contributed by atoms with Crippen LogP contribution in [0.4, 0.5) is 4.79 Å². The van der Waals surface area contributed by atoms with E-state index in [4.69, 9.17) is 9.94 Å². The number of benzene rings is 1. The van der Waals surface area contributed by atoms with Crippen LogP contribution in [0.5, 0.6) is 5.75 Å². The second kappa shape index (κ2) is 7.98. The average Bonchev–Trinajstić information content (AvgIpc) is 2.87. The average molecular weight is 349 g/mol. The van der Waals surface area contributed by atoms with E-state index < -0.39 is 29.9 Å². The molecule has 1 fully saturated rings. The number of imide groups is 1. The molecule has 8 heteroatoms. The molecule has 25 heavy (non-hydrogen) atoms. The predicted molar refractivity (Wildman–Crippen MR) is 89.0 cm³/mol. The summed E-state index contributed by atoms with van der Waals surface area (Å²) in [6, 6.07) is 5.09. The number of ether oxygens (including phenoxy) is 1. The van der Waals surface area contributed by atoms with Gasteiger partial charge in [-0.3, -0.25) is 14.8 Å². The predicted octanol–water partition coefficient (Wildman–Crippen LogP) is 1.08. The third kappa shape index (κ3) is 4.08. The second-order valence-electron chi connectivity index (χ2n) is 6.27. The number of urea groups is 1. The first-order chi connectivity index (χ1) is 11.9. The molecule has 3 N–H and O–H groups in total. The zero-order valence-electron chi connectivity index (χ0n) is 14.5. The van der Waals surface area contributed by atoms with Crippen LogP contribution in [-0.2, 0) is 16.0 Å². The van der Waals surface area contributed by atoms with Gasteiger partial charge in [-0.1, -0.05) is 26.0 Å². The summed E-state index contributed by atoms with van der Waals surface area (Å²) >= 11 is 0. The fourth-order valence-corrected chi connectivity index (χ4v) is 2.93. The number of nitrogens with one attached hydrogen (secondary N) is 2. The van der Waals surface area contributed by atoms with Crippen molar-refractivity contribution in [3.63, 3.8) is 0 Å². The fourth-order valence-electron chi connectivity index (χ4n) is 2.93. The van der Waals surface area contributed by atoms with Gasteiger partial charge in [-0.15, -0.1) is 0 Å². The molecule has 2 unspecified atom stereocenters. The molecule has 0 spiro atoms. The number of nitrogens with zero attached hydrogens (tertiary/aromatic N) is 1. The minimum atomic E-state index is -1.06. The summed E-state index contributed by atoms with van der Waals surface area (Å²) in [7, 11) is 1.58. The maximum atomic E-state index is 12.6. The third-order valence-corrected chi connectivity index (χ3v) is 4.20. The normalized spacial score (nSPS) is 18.3. The Morgan fingerprint density at radius 1 is 1.40 bits per heavy atom. The van der Waals surface area contributed by atoms with Crippen LogP contribution >= 0.6 is 0 Å². The fraction of sp³-hybridized carbons (Fsp3) is 0.471. The Labute approximate surface area is 146 Å². The van der Waals surface area contributed by atoms with Crippen LogP contribution in [0.15, 0.2) is 24.3 Å². The van der Waals surface area contributed by atoms with E-state index >= 15 is 0 Å². The van der Waals surface area contributed by atoms with E-state index in [1.165, 1.54) is 5.48 Å². The van der Waals surface area contributed by atoms with Gasteiger partial charge in [0.1, 0.15) is 17.8 Å². The Hall–Kier alpha value is -2.61. The molecule has 1 heterocycles. The number of hydrogen-bond donors (Lipinski definition) is 3. The number of carbonyl (C=O) groups is 3. The molecule has 8 nitrogen and oxygen atoms in total. The highest BCUT2D eigenvalue weighted by Crippen LogP contribution is 2.21. The largest absolute Gasteiger partial charge is 0.497 e. The Balaban J connectivity index is 2.08. The van der Waals surface area contributed by atoms with Gasteiger partial charge in [-0.25, -0.2) is 15.2 Å². The van der Waals surface area contributed by atoms with E-state index in [0.29, 0.717) is 12.8 Å². The molecule has 1 aromatic carbocycles. The van der Waals surface area contributed by atoms with Crippen LogP contribution in [0.2, 0.25) is 0 Å². The lowest BCUT2D eigenvalue weighted by Crippen LogP contribution is -2.52. The van der Waals surface area contributed by atoms with E-state index in [0.717, 1.165) is 16.2 Å². The minimum Gasteiger partial charge on any atom is -0.497 e. The van der Waals surface area contributed by atoms with Crippen LogP contribution in [0.1, 0.15) is 25.8 Å². The van der Waals surface area contributed by atoms with Crippen LogP contribution in [0, 0.1) is 5.92 Å². The lowest BCUT2D eigenvalue weighted by Gasteiger charge is -2.26. The maximum absolute atomic E-state index is 12.6. The molecule has 0 aliphatic carbocycles. The molecule has 136 valence electrons. The van der Waals surface area contributed by atoms with Gasteiger partial charge in [0.15, 0.2) is 0 Å². The van der Waals surface area contributed by atoms with Gasteiger partial charge in [-0.2, -0.15) is 0 Å². The van der Waals surface area contributed by atoms with Crippen LogP contribution < -0.4 is 15.5 Å². The van der Waals surface area contributed by atoms with Crippen molar-refractivity contribution in [1.82, 2.24) is 15.7 Å². The highest BCUT2D eigenvalue weighted by atomic mass is 16.5. The Bertz CT molecular complexity index is 661. The lowest BCUT2D eigenvalue weighted by molar-refractivity contribution is -0.142. The first-order valence-electron chi connectivity index (χ1n) is 8.09. The summed E-state index contributed by atoms with van der Waals surface area (Å²) in [5.41, 5.74) is 2.50. The number of aryl methyl sites for hydroxylation is 1. The molecular weight excluding hydrogens is 326 g/mol. The van der Waals surface area contributed by atoms with Crippen molar-refractivity contribution in [2.45, 2.75) is 38.8 Å². The van der Waals surface area contributed by atoms with Gasteiger partial charge in [0, 0.05) is 0 Å². The molecule has 0 saturated carbocycles. The van der Waals surface area contributed by atoms with Gasteiger partial charge < -0.3 is 10.1 Å². The van der Waals surface area contributed by atoms with Crippen molar-refractivity contribution < 1.29 is 24.3 Å². The summed E-state index contributed by atoms with van der Waals surface area (Å²) in [6.07, 6.45) is 0.972. The maximum Gasteiger partial charge on any atom is 0.325 e. The zero-order chi connectivity index (χ0) is 18.6. The summed E-state index contributed by atoms with van der Waals surface area (Å²) in [5, 5.41) is 11.5. The standard InChI is InChI=1S/C17H23N3O5/c1-10(2)14(15(21)19-24)20-16(22)13(18-17(20)23)8-7-11-5-4-6-12(9-11)25-3/h4-6,9-10,13-14,24H,7-8H2,1-3H3,(H,18,23)(H,19,21). The number of methoxy groups -OCH3 is 1. The second-order valence-corrected chi connectivity index (χ2v) is 6.27. The number of amides is 4. The summed E-state index contributed by atoms with van der Waals surface area (Å²) in [5.74, 6) is -0.860. The quantitative estimate of drug-likeness (QED) is 0.388. The molecule has 1 aromatic rings. The SMILES string of the molecule is COc1cccc(CCC2NC(=O)N(C(C(=O)NO)C(C)C)C2=O)c1. The molecule has 1 aliphatic rings. The van der Waals surface area contributed by atoms with Crippen molar-refractivity contribution in [3.05, 3.63) is 29.8 Å². The van der Waals surface area contributed by atoms with Gasteiger partial charge >= 0.3 is 6.03 Å². The van der Waals surface area contributed by atoms with Crippen molar-refractivity contribution in [2.24, 2.45) is 5.92 Å².